The number of hydrogen-bond donors (Lipinski definition) is 2. The maximum Gasteiger partial charge on any atom is 0.0800 e. The molecule has 0 aromatic heterocycles. The Kier molecular flexibility index (Phi) is 3.46. The van der Waals surface area contributed by atoms with Crippen LogP contribution >= 0.6 is 0 Å². The molecule has 2 heteroatoms. The minimum atomic E-state index is -0.411. The van der Waals surface area contributed by atoms with Gasteiger partial charge in [0.1, 0.15) is 0 Å². The Morgan fingerprint density at radius 2 is 1.74 bits per heavy atom. The molecule has 0 aromatic carbocycles. The van der Waals surface area contributed by atoms with Crippen LogP contribution in [-0.2, 0) is 0 Å². The second-order valence-corrected chi connectivity index (χ2v) is 8.50. The van der Waals surface area contributed by atoms with Gasteiger partial charge in [0, 0.05) is 12.1 Å². The van der Waals surface area contributed by atoms with Gasteiger partial charge in [-0.1, -0.05) is 27.2 Å². The first-order valence-electron chi connectivity index (χ1n) is 8.37. The molecule has 1 saturated heterocycles. The first-order valence-corrected chi connectivity index (χ1v) is 8.37. The van der Waals surface area contributed by atoms with Crippen LogP contribution in [0.2, 0.25) is 0 Å². The van der Waals surface area contributed by atoms with Gasteiger partial charge in [0.2, 0.25) is 0 Å². The van der Waals surface area contributed by atoms with Crippen LogP contribution in [0.1, 0.15) is 72.1 Å². The quantitative estimate of drug-likeness (QED) is 0.761. The average molecular weight is 265 g/mol. The highest BCUT2D eigenvalue weighted by Gasteiger charge is 2.48. The van der Waals surface area contributed by atoms with Crippen LogP contribution in [0.5, 0.6) is 0 Å². The molecule has 2 aliphatic carbocycles. The fraction of sp³-hybridized carbons (Fsp3) is 1.00. The number of aliphatic hydroxyl groups is 1. The predicted octanol–water partition coefficient (Wildman–Crippen LogP) is 3.48. The first-order chi connectivity index (χ1) is 8.88. The van der Waals surface area contributed by atoms with Crippen molar-refractivity contribution in [3.05, 3.63) is 0 Å². The van der Waals surface area contributed by atoms with Crippen molar-refractivity contribution in [2.45, 2.75) is 89.8 Å². The lowest BCUT2D eigenvalue weighted by atomic mass is 9.66. The van der Waals surface area contributed by atoms with Crippen LogP contribution < -0.4 is 5.32 Å². The number of fused-ring (bicyclic) bond motifs is 1. The van der Waals surface area contributed by atoms with E-state index in [4.69, 9.17) is 0 Å². The lowest BCUT2D eigenvalue weighted by Crippen LogP contribution is -2.52. The van der Waals surface area contributed by atoms with E-state index in [0.29, 0.717) is 11.5 Å². The molecule has 3 fully saturated rings. The lowest BCUT2D eigenvalue weighted by Gasteiger charge is -2.44. The third kappa shape index (κ3) is 2.58. The summed E-state index contributed by atoms with van der Waals surface area (Å²) in [7, 11) is 0. The fourth-order valence-electron chi connectivity index (χ4n) is 4.87. The van der Waals surface area contributed by atoms with Gasteiger partial charge >= 0.3 is 0 Å². The van der Waals surface area contributed by atoms with E-state index < -0.39 is 5.60 Å². The van der Waals surface area contributed by atoms with Crippen molar-refractivity contribution in [1.29, 1.82) is 0 Å². The zero-order chi connectivity index (χ0) is 13.7. The Balaban J connectivity index is 1.60. The summed E-state index contributed by atoms with van der Waals surface area (Å²) in [5, 5.41) is 14.8. The molecular formula is C17H31NO. The summed E-state index contributed by atoms with van der Waals surface area (Å²) < 4.78 is 0. The Morgan fingerprint density at radius 3 is 2.32 bits per heavy atom. The zero-order valence-electron chi connectivity index (χ0n) is 12.9. The molecule has 0 aromatic rings. The Labute approximate surface area is 118 Å². The number of nitrogens with one attached hydrogen (secondary N) is 1. The Bertz CT molecular complexity index is 313. The van der Waals surface area contributed by atoms with Crippen molar-refractivity contribution in [2.24, 2.45) is 17.3 Å². The minimum absolute atomic E-state index is 0.378. The first kappa shape index (κ1) is 13.9. The molecule has 2 nitrogen and oxygen atoms in total. The van der Waals surface area contributed by atoms with E-state index in [0.717, 1.165) is 30.7 Å². The molecule has 0 bridgehead atoms. The molecule has 3 aliphatic rings. The lowest BCUT2D eigenvalue weighted by molar-refractivity contribution is -0.0507. The number of rotatable bonds is 1. The van der Waals surface area contributed by atoms with Gasteiger partial charge < -0.3 is 10.4 Å². The molecule has 2 N–H and O–H groups in total. The van der Waals surface area contributed by atoms with Crippen molar-refractivity contribution in [1.82, 2.24) is 5.32 Å². The normalized spacial score (nSPS) is 47.4. The molecule has 19 heavy (non-hydrogen) atoms. The van der Waals surface area contributed by atoms with Crippen LogP contribution in [0.15, 0.2) is 0 Å². The summed E-state index contributed by atoms with van der Waals surface area (Å²) in [6.07, 6.45) is 9.75. The van der Waals surface area contributed by atoms with Crippen molar-refractivity contribution in [3.63, 3.8) is 0 Å². The predicted molar refractivity (Wildman–Crippen MR) is 79.0 cm³/mol. The Morgan fingerprint density at radius 1 is 1.05 bits per heavy atom. The second kappa shape index (κ2) is 4.73. The van der Waals surface area contributed by atoms with Crippen molar-refractivity contribution >= 4 is 0 Å². The smallest absolute Gasteiger partial charge is 0.0800 e. The third-order valence-electron chi connectivity index (χ3n) is 6.34. The molecule has 1 aliphatic heterocycles. The van der Waals surface area contributed by atoms with Gasteiger partial charge in [-0.15, -0.1) is 0 Å². The van der Waals surface area contributed by atoms with Gasteiger partial charge in [-0.3, -0.25) is 0 Å². The summed E-state index contributed by atoms with van der Waals surface area (Å²) >= 11 is 0. The van der Waals surface area contributed by atoms with Crippen LogP contribution in [0, 0.1) is 17.3 Å². The van der Waals surface area contributed by atoms with Gasteiger partial charge in [-0.2, -0.15) is 0 Å². The molecule has 2 saturated carbocycles. The van der Waals surface area contributed by atoms with Gasteiger partial charge in [0.05, 0.1) is 5.60 Å². The van der Waals surface area contributed by atoms with Gasteiger partial charge in [0.15, 0.2) is 0 Å². The highest BCUT2D eigenvalue weighted by molar-refractivity contribution is 5.05. The van der Waals surface area contributed by atoms with E-state index in [1.807, 2.05) is 0 Å². The van der Waals surface area contributed by atoms with Crippen molar-refractivity contribution in [3.8, 4) is 0 Å². The molecule has 0 unspecified atom stereocenters. The molecule has 0 amide bonds. The zero-order valence-corrected chi connectivity index (χ0v) is 12.9. The molecule has 0 radical (unpaired) electrons. The van der Waals surface area contributed by atoms with Gasteiger partial charge in [-0.25, -0.2) is 0 Å². The highest BCUT2D eigenvalue weighted by atomic mass is 16.3. The summed E-state index contributed by atoms with van der Waals surface area (Å²) in [5.41, 5.74) is -0.00691. The maximum absolute atomic E-state index is 11.0. The van der Waals surface area contributed by atoms with E-state index >= 15 is 0 Å². The average Bonchev–Trinajstić information content (AvgIpc) is 2.88. The van der Waals surface area contributed by atoms with Crippen LogP contribution in [-0.4, -0.2) is 22.8 Å². The largest absolute Gasteiger partial charge is 0.388 e. The van der Waals surface area contributed by atoms with E-state index in [9.17, 15) is 5.11 Å². The van der Waals surface area contributed by atoms with Gasteiger partial charge in [-0.05, 0) is 62.2 Å². The van der Waals surface area contributed by atoms with Crippen molar-refractivity contribution in [2.75, 3.05) is 0 Å². The molecule has 1 heterocycles. The van der Waals surface area contributed by atoms with E-state index in [2.05, 4.69) is 26.1 Å². The summed E-state index contributed by atoms with van der Waals surface area (Å²) in [4.78, 5) is 0. The topological polar surface area (TPSA) is 32.3 Å². The third-order valence-corrected chi connectivity index (χ3v) is 6.34. The SMILES string of the molecule is CC(C)(C)C1CCC(O)([C@@H]2C[C@H]3CCC[C@H]3N2)CC1. The standard InChI is InChI=1S/C17H31NO/c1-16(2,3)13-7-9-17(19,10-8-13)15-11-12-5-4-6-14(12)18-15/h12-15,18-19H,4-11H2,1-3H3/t12-,13?,14-,15+,17?/m1/s1. The minimum Gasteiger partial charge on any atom is -0.388 e. The van der Waals surface area contributed by atoms with Crippen molar-refractivity contribution < 1.29 is 5.11 Å². The van der Waals surface area contributed by atoms with Crippen LogP contribution in [0.4, 0.5) is 0 Å². The van der Waals surface area contributed by atoms with Crippen LogP contribution in [0.3, 0.4) is 0 Å². The summed E-state index contributed by atoms with van der Waals surface area (Å²) in [5.74, 6) is 1.64. The van der Waals surface area contributed by atoms with E-state index in [1.165, 1.54) is 38.5 Å². The Hall–Kier alpha value is -0.0800. The maximum atomic E-state index is 11.0. The molecule has 110 valence electrons. The summed E-state index contributed by atoms with van der Waals surface area (Å²) in [6, 6.07) is 1.10. The molecular weight excluding hydrogens is 234 g/mol. The highest BCUT2D eigenvalue weighted by Crippen LogP contribution is 2.46. The van der Waals surface area contributed by atoms with Gasteiger partial charge in [0.25, 0.3) is 0 Å². The van der Waals surface area contributed by atoms with E-state index in [-0.39, 0.29) is 0 Å². The molecule has 0 spiro atoms. The van der Waals surface area contributed by atoms with E-state index in [1.54, 1.807) is 0 Å². The molecule has 3 atom stereocenters. The molecule has 3 rings (SSSR count). The van der Waals surface area contributed by atoms with Crippen LogP contribution in [0.25, 0.3) is 0 Å². The summed E-state index contributed by atoms with van der Waals surface area (Å²) in [6.45, 7) is 7.04. The fourth-order valence-corrected chi connectivity index (χ4v) is 4.87. The monoisotopic (exact) mass is 265 g/mol. The number of hydrogen-bond acceptors (Lipinski definition) is 2. The second-order valence-electron chi connectivity index (χ2n) is 8.50.